The highest BCUT2D eigenvalue weighted by Gasteiger charge is 2.31. The van der Waals surface area contributed by atoms with Crippen LogP contribution in [0.2, 0.25) is 5.02 Å². The highest BCUT2D eigenvalue weighted by molar-refractivity contribution is 6.31. The van der Waals surface area contributed by atoms with Gasteiger partial charge in [-0.05, 0) is 55.3 Å². The van der Waals surface area contributed by atoms with Gasteiger partial charge in [0.1, 0.15) is 5.82 Å². The quantitative estimate of drug-likeness (QED) is 0.764. The van der Waals surface area contributed by atoms with Crippen LogP contribution in [0.15, 0.2) is 42.5 Å². The number of hydrogen-bond acceptors (Lipinski definition) is 3. The molecule has 0 aromatic heterocycles. The molecule has 31 heavy (non-hydrogen) atoms. The van der Waals surface area contributed by atoms with E-state index in [2.05, 4.69) is 5.32 Å². The van der Waals surface area contributed by atoms with Crippen LogP contribution in [0.1, 0.15) is 36.0 Å². The molecular formula is C23H23ClFN3O3. The summed E-state index contributed by atoms with van der Waals surface area (Å²) in [5.74, 6) is -0.842. The maximum Gasteiger partial charge on any atom is 0.251 e. The smallest absolute Gasteiger partial charge is 0.251 e. The molecule has 0 radical (unpaired) electrons. The first kappa shape index (κ1) is 21.3. The predicted octanol–water partition coefficient (Wildman–Crippen LogP) is 3.78. The summed E-state index contributed by atoms with van der Waals surface area (Å²) in [6.45, 7) is 1.55. The third kappa shape index (κ3) is 4.71. The molecule has 2 aliphatic heterocycles. The molecule has 2 heterocycles. The molecule has 2 saturated heterocycles. The van der Waals surface area contributed by atoms with Gasteiger partial charge in [0, 0.05) is 55.3 Å². The lowest BCUT2D eigenvalue weighted by molar-refractivity contribution is -0.119. The number of amides is 3. The maximum absolute atomic E-state index is 13.3. The number of benzene rings is 2. The van der Waals surface area contributed by atoms with E-state index in [9.17, 15) is 18.8 Å². The summed E-state index contributed by atoms with van der Waals surface area (Å²) in [5.41, 5.74) is 1.90. The van der Waals surface area contributed by atoms with Crippen LogP contribution < -0.4 is 15.1 Å². The van der Waals surface area contributed by atoms with Gasteiger partial charge in [-0.25, -0.2) is 4.39 Å². The Hall–Kier alpha value is -2.93. The first-order chi connectivity index (χ1) is 14.9. The maximum atomic E-state index is 13.3. The molecule has 8 heteroatoms. The minimum atomic E-state index is -0.578. The van der Waals surface area contributed by atoms with Crippen molar-refractivity contribution in [3.8, 4) is 0 Å². The number of carbonyl (C=O) groups is 3. The van der Waals surface area contributed by atoms with Gasteiger partial charge in [0.05, 0.1) is 5.02 Å². The second-order valence-corrected chi connectivity index (χ2v) is 8.34. The third-order valence-electron chi connectivity index (χ3n) is 5.73. The number of hydrogen-bond donors (Lipinski definition) is 1. The first-order valence-corrected chi connectivity index (χ1v) is 10.7. The van der Waals surface area contributed by atoms with Gasteiger partial charge in [-0.3, -0.25) is 14.4 Å². The molecule has 1 N–H and O–H groups in total. The molecule has 2 fully saturated rings. The summed E-state index contributed by atoms with van der Waals surface area (Å²) in [4.78, 5) is 40.4. The lowest BCUT2D eigenvalue weighted by Crippen LogP contribution is -2.35. The Morgan fingerprint density at radius 1 is 1.03 bits per heavy atom. The molecule has 2 aromatic rings. The molecule has 162 valence electrons. The molecule has 0 bridgehead atoms. The highest BCUT2D eigenvalue weighted by atomic mass is 35.5. The van der Waals surface area contributed by atoms with Crippen molar-refractivity contribution in [2.45, 2.75) is 25.7 Å². The number of piperidine rings is 1. The van der Waals surface area contributed by atoms with Crippen LogP contribution in [0.25, 0.3) is 0 Å². The minimum Gasteiger partial charge on any atom is -0.352 e. The Kier molecular flexibility index (Phi) is 6.23. The van der Waals surface area contributed by atoms with Crippen molar-refractivity contribution in [2.75, 3.05) is 29.4 Å². The third-order valence-corrected chi connectivity index (χ3v) is 6.02. The highest BCUT2D eigenvalue weighted by Crippen LogP contribution is 2.28. The average molecular weight is 444 g/mol. The number of nitrogens with zero attached hydrogens (tertiary/aromatic N) is 2. The lowest BCUT2D eigenvalue weighted by Gasteiger charge is -2.27. The molecule has 1 unspecified atom stereocenters. The zero-order valence-electron chi connectivity index (χ0n) is 16.9. The molecule has 3 amide bonds. The molecule has 1 atom stereocenters. The topological polar surface area (TPSA) is 69.7 Å². The number of rotatable bonds is 5. The number of nitrogens with one attached hydrogen (secondary N) is 1. The Morgan fingerprint density at radius 3 is 2.42 bits per heavy atom. The summed E-state index contributed by atoms with van der Waals surface area (Å²) in [5, 5.41) is 2.69. The number of carbonyl (C=O) groups excluding carboxylic acids is 3. The first-order valence-electron chi connectivity index (χ1n) is 10.4. The zero-order valence-corrected chi connectivity index (χ0v) is 17.7. The molecule has 0 spiro atoms. The van der Waals surface area contributed by atoms with Crippen molar-refractivity contribution in [1.82, 2.24) is 5.32 Å². The Balaban J connectivity index is 1.35. The van der Waals surface area contributed by atoms with E-state index in [0.29, 0.717) is 25.9 Å². The van der Waals surface area contributed by atoms with Gasteiger partial charge in [0.2, 0.25) is 11.8 Å². The van der Waals surface area contributed by atoms with Gasteiger partial charge in [-0.2, -0.15) is 0 Å². The molecule has 2 aromatic carbocycles. The number of halogens is 2. The van der Waals surface area contributed by atoms with Crippen LogP contribution in [0, 0.1) is 11.7 Å². The largest absolute Gasteiger partial charge is 0.352 e. The Morgan fingerprint density at radius 2 is 1.74 bits per heavy atom. The molecule has 4 rings (SSSR count). The van der Waals surface area contributed by atoms with Gasteiger partial charge in [-0.1, -0.05) is 11.6 Å². The van der Waals surface area contributed by atoms with Crippen LogP contribution in [0.3, 0.4) is 0 Å². The van der Waals surface area contributed by atoms with Crippen LogP contribution in [-0.2, 0) is 9.59 Å². The van der Waals surface area contributed by atoms with E-state index in [1.54, 1.807) is 9.80 Å². The van der Waals surface area contributed by atoms with Crippen LogP contribution in [0.4, 0.5) is 15.8 Å². The fraction of sp³-hybridized carbons (Fsp3) is 0.348. The van der Waals surface area contributed by atoms with Crippen molar-refractivity contribution in [3.05, 3.63) is 58.9 Å². The molecular weight excluding hydrogens is 421 g/mol. The second-order valence-electron chi connectivity index (χ2n) is 7.93. The van der Waals surface area contributed by atoms with Crippen molar-refractivity contribution >= 4 is 40.7 Å². The van der Waals surface area contributed by atoms with Gasteiger partial charge in [0.25, 0.3) is 5.91 Å². The van der Waals surface area contributed by atoms with E-state index in [1.807, 2.05) is 24.3 Å². The van der Waals surface area contributed by atoms with E-state index in [-0.39, 0.29) is 34.2 Å². The predicted molar refractivity (Wildman–Crippen MR) is 117 cm³/mol. The number of anilines is 2. The van der Waals surface area contributed by atoms with Gasteiger partial charge in [0.15, 0.2) is 0 Å². The van der Waals surface area contributed by atoms with Crippen LogP contribution in [-0.4, -0.2) is 37.4 Å². The summed E-state index contributed by atoms with van der Waals surface area (Å²) in [6.07, 6.45) is 2.83. The van der Waals surface area contributed by atoms with Crippen LogP contribution in [0.5, 0.6) is 0 Å². The minimum absolute atomic E-state index is 0.00845. The molecule has 6 nitrogen and oxygen atoms in total. The van der Waals surface area contributed by atoms with Gasteiger partial charge in [-0.15, -0.1) is 0 Å². The van der Waals surface area contributed by atoms with E-state index >= 15 is 0 Å². The standard InChI is InChI=1S/C23H23ClFN3O3/c24-19-12-16(4-9-20(19)25)23(31)26-13-15-11-22(30)28(14-15)18-7-5-17(6-8-18)27-10-2-1-3-21(27)29/h4-9,12,15H,1-3,10-11,13-14H2,(H,26,31). The fourth-order valence-electron chi connectivity index (χ4n) is 4.04. The summed E-state index contributed by atoms with van der Waals surface area (Å²) in [6, 6.07) is 11.3. The molecule has 2 aliphatic rings. The Bertz CT molecular complexity index is 1010. The van der Waals surface area contributed by atoms with E-state index in [1.165, 1.54) is 12.1 Å². The normalized spacial score (nSPS) is 19.1. The van der Waals surface area contributed by atoms with Gasteiger partial charge >= 0.3 is 0 Å². The zero-order chi connectivity index (χ0) is 22.0. The molecule has 0 aliphatic carbocycles. The Labute approximate surface area is 185 Å². The van der Waals surface area contributed by atoms with Crippen molar-refractivity contribution in [1.29, 1.82) is 0 Å². The van der Waals surface area contributed by atoms with Crippen molar-refractivity contribution in [3.63, 3.8) is 0 Å². The summed E-state index contributed by atoms with van der Waals surface area (Å²) >= 11 is 5.73. The lowest BCUT2D eigenvalue weighted by atomic mass is 10.1. The summed E-state index contributed by atoms with van der Waals surface area (Å²) < 4.78 is 13.3. The summed E-state index contributed by atoms with van der Waals surface area (Å²) in [7, 11) is 0. The molecule has 0 saturated carbocycles. The van der Waals surface area contributed by atoms with E-state index in [4.69, 9.17) is 11.6 Å². The van der Waals surface area contributed by atoms with Gasteiger partial charge < -0.3 is 15.1 Å². The monoisotopic (exact) mass is 443 g/mol. The van der Waals surface area contributed by atoms with Crippen molar-refractivity contribution in [2.24, 2.45) is 5.92 Å². The average Bonchev–Trinajstić information content (AvgIpc) is 3.15. The second kappa shape index (κ2) is 9.06. The fourth-order valence-corrected chi connectivity index (χ4v) is 4.22. The van der Waals surface area contributed by atoms with Crippen molar-refractivity contribution < 1.29 is 18.8 Å². The van der Waals surface area contributed by atoms with E-state index in [0.717, 1.165) is 36.8 Å². The SMILES string of the molecule is O=C(NCC1CC(=O)N(c2ccc(N3CCCCC3=O)cc2)C1)c1ccc(F)c(Cl)c1. The van der Waals surface area contributed by atoms with Crippen LogP contribution >= 0.6 is 11.6 Å². The van der Waals surface area contributed by atoms with E-state index < -0.39 is 5.82 Å².